The van der Waals surface area contributed by atoms with Crippen LogP contribution in [0, 0.1) is 11.3 Å². The van der Waals surface area contributed by atoms with Crippen molar-refractivity contribution in [2.75, 3.05) is 7.11 Å². The number of hydrogen-bond donors (Lipinski definition) is 0. The van der Waals surface area contributed by atoms with Crippen LogP contribution in [0.1, 0.15) is 52.9 Å². The second-order valence-corrected chi connectivity index (χ2v) is 5.01. The lowest BCUT2D eigenvalue weighted by atomic mass is 9.68. The molecule has 0 unspecified atom stereocenters. The van der Waals surface area contributed by atoms with Crippen molar-refractivity contribution in [3.05, 3.63) is 0 Å². The number of ether oxygens (including phenoxy) is 1. The first-order valence-electron chi connectivity index (χ1n) is 5.64. The second-order valence-electron chi connectivity index (χ2n) is 5.01. The van der Waals surface area contributed by atoms with E-state index in [4.69, 9.17) is 4.74 Å². The molecular weight excluding hydrogens is 160 g/mol. The average molecular weight is 184 g/mol. The molecule has 0 N–H and O–H groups in total. The van der Waals surface area contributed by atoms with Crippen LogP contribution in [0.5, 0.6) is 0 Å². The largest absolute Gasteiger partial charge is 0.381 e. The number of methoxy groups -OCH3 is 1. The standard InChI is InChI=1S/C12H24O/c1-5-12(2,3)10-8-6-7-9-11(10)13-4/h10-11H,5-9H2,1-4H3/t10-,11-/m0/s1. The smallest absolute Gasteiger partial charge is 0.0604 e. The summed E-state index contributed by atoms with van der Waals surface area (Å²) in [5, 5.41) is 0. The Labute approximate surface area is 82.9 Å². The van der Waals surface area contributed by atoms with Gasteiger partial charge in [-0.15, -0.1) is 0 Å². The molecule has 1 fully saturated rings. The van der Waals surface area contributed by atoms with Gasteiger partial charge in [0.2, 0.25) is 0 Å². The maximum absolute atomic E-state index is 5.59. The third-order valence-corrected chi connectivity index (χ3v) is 3.92. The van der Waals surface area contributed by atoms with Crippen LogP contribution in [-0.2, 0) is 4.74 Å². The van der Waals surface area contributed by atoms with Crippen LogP contribution >= 0.6 is 0 Å². The van der Waals surface area contributed by atoms with Gasteiger partial charge in [0.15, 0.2) is 0 Å². The van der Waals surface area contributed by atoms with E-state index in [2.05, 4.69) is 20.8 Å². The van der Waals surface area contributed by atoms with Crippen LogP contribution in [0.2, 0.25) is 0 Å². The Hall–Kier alpha value is -0.0400. The van der Waals surface area contributed by atoms with Crippen LogP contribution in [0.4, 0.5) is 0 Å². The van der Waals surface area contributed by atoms with Crippen LogP contribution in [-0.4, -0.2) is 13.2 Å². The summed E-state index contributed by atoms with van der Waals surface area (Å²) in [4.78, 5) is 0. The lowest BCUT2D eigenvalue weighted by Crippen LogP contribution is -2.37. The van der Waals surface area contributed by atoms with Crippen molar-refractivity contribution in [2.24, 2.45) is 11.3 Å². The number of hydrogen-bond acceptors (Lipinski definition) is 1. The van der Waals surface area contributed by atoms with Crippen molar-refractivity contribution in [3.63, 3.8) is 0 Å². The zero-order valence-electron chi connectivity index (χ0n) is 9.60. The van der Waals surface area contributed by atoms with Gasteiger partial charge in [0, 0.05) is 7.11 Å². The van der Waals surface area contributed by atoms with Crippen LogP contribution < -0.4 is 0 Å². The highest BCUT2D eigenvalue weighted by Gasteiger charge is 2.35. The quantitative estimate of drug-likeness (QED) is 0.651. The average Bonchev–Trinajstić information content (AvgIpc) is 2.18. The Bertz CT molecular complexity index is 151. The summed E-state index contributed by atoms with van der Waals surface area (Å²) in [6.07, 6.45) is 7.16. The highest BCUT2D eigenvalue weighted by Crippen LogP contribution is 2.41. The monoisotopic (exact) mass is 184 g/mol. The molecule has 0 aromatic heterocycles. The SMILES string of the molecule is CCC(C)(C)[C@H]1CCCC[C@@H]1OC. The Morgan fingerprint density at radius 1 is 1.23 bits per heavy atom. The molecule has 0 saturated heterocycles. The minimum Gasteiger partial charge on any atom is -0.381 e. The molecule has 0 bridgehead atoms. The van der Waals surface area contributed by atoms with Gasteiger partial charge in [-0.3, -0.25) is 0 Å². The van der Waals surface area contributed by atoms with Gasteiger partial charge in [0.1, 0.15) is 0 Å². The van der Waals surface area contributed by atoms with E-state index in [0.717, 1.165) is 5.92 Å². The summed E-state index contributed by atoms with van der Waals surface area (Å²) in [5.41, 5.74) is 0.459. The molecule has 0 radical (unpaired) electrons. The fraction of sp³-hybridized carbons (Fsp3) is 1.00. The Balaban J connectivity index is 2.63. The molecule has 1 aliphatic rings. The predicted molar refractivity (Wildman–Crippen MR) is 56.8 cm³/mol. The van der Waals surface area contributed by atoms with Crippen molar-refractivity contribution in [1.29, 1.82) is 0 Å². The molecule has 13 heavy (non-hydrogen) atoms. The summed E-state index contributed by atoms with van der Waals surface area (Å²) in [6, 6.07) is 0. The highest BCUT2D eigenvalue weighted by atomic mass is 16.5. The van der Waals surface area contributed by atoms with Gasteiger partial charge in [-0.2, -0.15) is 0 Å². The van der Waals surface area contributed by atoms with Crippen molar-refractivity contribution >= 4 is 0 Å². The van der Waals surface area contributed by atoms with Gasteiger partial charge in [-0.25, -0.2) is 0 Å². The molecule has 2 atom stereocenters. The fourth-order valence-electron chi connectivity index (χ4n) is 2.54. The summed E-state index contributed by atoms with van der Waals surface area (Å²) >= 11 is 0. The maximum Gasteiger partial charge on any atom is 0.0604 e. The topological polar surface area (TPSA) is 9.23 Å². The minimum atomic E-state index is 0.459. The summed E-state index contributed by atoms with van der Waals surface area (Å²) < 4.78 is 5.59. The third kappa shape index (κ3) is 2.46. The molecule has 1 aliphatic carbocycles. The zero-order chi connectivity index (χ0) is 9.90. The van der Waals surface area contributed by atoms with Gasteiger partial charge >= 0.3 is 0 Å². The van der Waals surface area contributed by atoms with Gasteiger partial charge in [-0.05, 0) is 24.2 Å². The van der Waals surface area contributed by atoms with E-state index in [1.807, 2.05) is 7.11 Å². The van der Waals surface area contributed by atoms with Gasteiger partial charge in [-0.1, -0.05) is 40.0 Å². The summed E-state index contributed by atoms with van der Waals surface area (Å²) in [7, 11) is 1.87. The molecule has 1 saturated carbocycles. The van der Waals surface area contributed by atoms with Crippen LogP contribution in [0.15, 0.2) is 0 Å². The Morgan fingerprint density at radius 3 is 2.38 bits per heavy atom. The van der Waals surface area contributed by atoms with Crippen molar-refractivity contribution < 1.29 is 4.74 Å². The molecule has 1 rings (SSSR count). The molecule has 78 valence electrons. The molecule has 0 heterocycles. The first kappa shape index (κ1) is 11.0. The first-order valence-corrected chi connectivity index (χ1v) is 5.64. The third-order valence-electron chi connectivity index (χ3n) is 3.92. The molecule has 1 heteroatoms. The van der Waals surface area contributed by atoms with E-state index in [1.165, 1.54) is 32.1 Å². The van der Waals surface area contributed by atoms with Crippen molar-refractivity contribution in [2.45, 2.75) is 59.0 Å². The van der Waals surface area contributed by atoms with Crippen LogP contribution in [0.3, 0.4) is 0 Å². The minimum absolute atomic E-state index is 0.459. The summed E-state index contributed by atoms with van der Waals surface area (Å²) in [6.45, 7) is 7.06. The lowest BCUT2D eigenvalue weighted by molar-refractivity contribution is -0.0290. The van der Waals surface area contributed by atoms with Gasteiger partial charge < -0.3 is 4.74 Å². The normalized spacial score (nSPS) is 30.5. The van der Waals surface area contributed by atoms with Crippen LogP contribution in [0.25, 0.3) is 0 Å². The van der Waals surface area contributed by atoms with Crippen molar-refractivity contribution in [3.8, 4) is 0 Å². The number of rotatable bonds is 3. The first-order chi connectivity index (χ1) is 6.11. The molecule has 0 aromatic rings. The Kier molecular flexibility index (Phi) is 3.78. The van der Waals surface area contributed by atoms with E-state index in [-0.39, 0.29) is 0 Å². The van der Waals surface area contributed by atoms with Gasteiger partial charge in [0.05, 0.1) is 6.10 Å². The molecule has 0 spiro atoms. The van der Waals surface area contributed by atoms with E-state index in [1.54, 1.807) is 0 Å². The Morgan fingerprint density at radius 2 is 1.85 bits per heavy atom. The second kappa shape index (κ2) is 4.45. The molecule has 0 aromatic carbocycles. The molecule has 1 nitrogen and oxygen atoms in total. The molecule has 0 amide bonds. The zero-order valence-corrected chi connectivity index (χ0v) is 9.60. The van der Waals surface area contributed by atoms with E-state index < -0.39 is 0 Å². The van der Waals surface area contributed by atoms with E-state index in [9.17, 15) is 0 Å². The fourth-order valence-corrected chi connectivity index (χ4v) is 2.54. The maximum atomic E-state index is 5.59. The summed E-state index contributed by atoms with van der Waals surface area (Å²) in [5.74, 6) is 0.774. The van der Waals surface area contributed by atoms with Crippen molar-refractivity contribution in [1.82, 2.24) is 0 Å². The van der Waals surface area contributed by atoms with Gasteiger partial charge in [0.25, 0.3) is 0 Å². The molecule has 0 aliphatic heterocycles. The van der Waals surface area contributed by atoms with E-state index >= 15 is 0 Å². The predicted octanol–water partition coefficient (Wildman–Crippen LogP) is 3.63. The molecular formula is C12H24O. The van der Waals surface area contributed by atoms with E-state index in [0.29, 0.717) is 11.5 Å². The highest BCUT2D eigenvalue weighted by molar-refractivity contribution is 4.86. The lowest BCUT2D eigenvalue weighted by Gasteiger charge is -2.41.